The Bertz CT molecular complexity index is 95.7. The lowest BCUT2D eigenvalue weighted by atomic mass is 10.3. The second kappa shape index (κ2) is 4.32. The molecule has 0 spiro atoms. The molecule has 0 fully saturated rings. The number of rotatable bonds is 4. The maximum atomic E-state index is 5.19. The van der Waals surface area contributed by atoms with Gasteiger partial charge in [0.1, 0.15) is 5.72 Å². The summed E-state index contributed by atoms with van der Waals surface area (Å²) in [7, 11) is 0. The van der Waals surface area contributed by atoms with Crippen molar-refractivity contribution in [3.05, 3.63) is 0 Å². The van der Waals surface area contributed by atoms with Crippen molar-refractivity contribution in [3.63, 3.8) is 0 Å². The minimum atomic E-state index is -0.337. The topological polar surface area (TPSA) is 30.5 Å². The van der Waals surface area contributed by atoms with Crippen LogP contribution in [0.5, 0.6) is 0 Å². The van der Waals surface area contributed by atoms with Gasteiger partial charge in [0.25, 0.3) is 0 Å². The molecule has 0 saturated heterocycles. The molecule has 0 atom stereocenters. The lowest BCUT2D eigenvalue weighted by Gasteiger charge is -2.26. The molecule has 0 radical (unpaired) electrons. The van der Waals surface area contributed by atoms with Crippen molar-refractivity contribution >= 4 is 16.6 Å². The molecule has 0 saturated carbocycles. The van der Waals surface area contributed by atoms with E-state index in [0.29, 0.717) is 16.6 Å². The first kappa shape index (κ1) is 10.4. The van der Waals surface area contributed by atoms with E-state index in [-0.39, 0.29) is 11.8 Å². The highest BCUT2D eigenvalue weighted by Gasteiger charge is 2.14. The molecule has 3 nitrogen and oxygen atoms in total. The number of hydrogen-bond donors (Lipinski definition) is 1. The summed E-state index contributed by atoms with van der Waals surface area (Å²) < 4.78 is 5.19. The largest absolute Gasteiger partial charge is 0.490 e. The van der Waals surface area contributed by atoms with Gasteiger partial charge >= 0.3 is 16.6 Å². The SMILES string of the molecule is CC(C)ONC(C)(C)[O][AlH2]. The molecule has 0 aliphatic rings. The van der Waals surface area contributed by atoms with Crippen molar-refractivity contribution in [1.29, 1.82) is 0 Å². The number of hydrogen-bond acceptors (Lipinski definition) is 3. The van der Waals surface area contributed by atoms with E-state index in [9.17, 15) is 0 Å². The molecule has 10 heavy (non-hydrogen) atoms. The lowest BCUT2D eigenvalue weighted by molar-refractivity contribution is -0.114. The highest BCUT2D eigenvalue weighted by Crippen LogP contribution is 2.01. The first-order valence-corrected chi connectivity index (χ1v) is 4.27. The molecule has 0 aromatic carbocycles. The summed E-state index contributed by atoms with van der Waals surface area (Å²) in [5, 5.41) is 0. The van der Waals surface area contributed by atoms with Crippen LogP contribution in [0.1, 0.15) is 27.7 Å². The van der Waals surface area contributed by atoms with Gasteiger partial charge in [0.2, 0.25) is 0 Å². The summed E-state index contributed by atoms with van der Waals surface area (Å²) in [6.45, 7) is 7.80. The van der Waals surface area contributed by atoms with E-state index in [1.54, 1.807) is 0 Å². The van der Waals surface area contributed by atoms with Crippen LogP contribution in [0.4, 0.5) is 0 Å². The van der Waals surface area contributed by atoms with Crippen molar-refractivity contribution in [2.24, 2.45) is 0 Å². The van der Waals surface area contributed by atoms with Crippen LogP contribution in [0, 0.1) is 0 Å². The van der Waals surface area contributed by atoms with Crippen LogP contribution in [-0.2, 0) is 8.63 Å². The fourth-order valence-electron chi connectivity index (χ4n) is 0.301. The normalized spacial score (nSPS) is 12.5. The Morgan fingerprint density at radius 1 is 1.40 bits per heavy atom. The van der Waals surface area contributed by atoms with Gasteiger partial charge in [-0.2, -0.15) is 5.48 Å². The Morgan fingerprint density at radius 2 is 1.90 bits per heavy atom. The molecule has 0 amide bonds. The molecule has 0 unspecified atom stereocenters. The summed E-state index contributed by atoms with van der Waals surface area (Å²) in [6.07, 6.45) is 0.191. The molecule has 0 aromatic rings. The van der Waals surface area contributed by atoms with Gasteiger partial charge in [0, 0.05) is 0 Å². The van der Waals surface area contributed by atoms with Gasteiger partial charge in [0.15, 0.2) is 0 Å². The molecule has 1 N–H and O–H groups in total. The fraction of sp³-hybridized carbons (Fsp3) is 1.00. The molecule has 0 aromatic heterocycles. The van der Waals surface area contributed by atoms with Crippen molar-refractivity contribution in [1.82, 2.24) is 5.48 Å². The zero-order valence-corrected chi connectivity index (χ0v) is 9.39. The van der Waals surface area contributed by atoms with E-state index in [1.165, 1.54) is 0 Å². The predicted molar refractivity (Wildman–Crippen MR) is 43.1 cm³/mol. The molecule has 4 heteroatoms. The van der Waals surface area contributed by atoms with Crippen LogP contribution in [0.2, 0.25) is 0 Å². The first-order valence-electron chi connectivity index (χ1n) is 3.46. The molecule has 0 bridgehead atoms. The van der Waals surface area contributed by atoms with Crippen LogP contribution in [0.15, 0.2) is 0 Å². The van der Waals surface area contributed by atoms with Gasteiger partial charge in [-0.3, -0.25) is 4.84 Å². The van der Waals surface area contributed by atoms with Crippen LogP contribution < -0.4 is 5.48 Å². The summed E-state index contributed by atoms with van der Waals surface area (Å²) in [4.78, 5) is 5.14. The summed E-state index contributed by atoms with van der Waals surface area (Å²) >= 11 is 0.715. The van der Waals surface area contributed by atoms with Gasteiger partial charge < -0.3 is 3.79 Å². The monoisotopic (exact) mass is 161 g/mol. The average molecular weight is 161 g/mol. The predicted octanol–water partition coefficient (Wildman–Crippen LogP) is 0.217. The third kappa shape index (κ3) is 5.22. The Balaban J connectivity index is 3.46. The van der Waals surface area contributed by atoms with E-state index in [0.717, 1.165) is 0 Å². The van der Waals surface area contributed by atoms with Crippen molar-refractivity contribution in [2.75, 3.05) is 0 Å². The van der Waals surface area contributed by atoms with Gasteiger partial charge in [-0.05, 0) is 27.7 Å². The fourth-order valence-corrected chi connectivity index (χ4v) is 0.385. The second-order valence-electron chi connectivity index (χ2n) is 2.98. The molecule has 0 rings (SSSR count). The third-order valence-corrected chi connectivity index (χ3v) is 2.07. The van der Waals surface area contributed by atoms with Crippen LogP contribution in [0.3, 0.4) is 0 Å². The van der Waals surface area contributed by atoms with Gasteiger partial charge in [-0.25, -0.2) is 0 Å². The van der Waals surface area contributed by atoms with E-state index in [4.69, 9.17) is 8.63 Å². The Hall–Kier alpha value is 0.412. The van der Waals surface area contributed by atoms with Crippen molar-refractivity contribution in [3.8, 4) is 0 Å². The first-order chi connectivity index (χ1) is 4.48. The van der Waals surface area contributed by atoms with Crippen LogP contribution in [0.25, 0.3) is 0 Å². The molecule has 60 valence electrons. The zero-order valence-electron chi connectivity index (χ0n) is 7.39. The lowest BCUT2D eigenvalue weighted by Crippen LogP contribution is -2.42. The number of nitrogens with one attached hydrogen (secondary N) is 1. The van der Waals surface area contributed by atoms with Gasteiger partial charge in [-0.1, -0.05) is 0 Å². The average Bonchev–Trinajstić information content (AvgIpc) is 1.85. The standard InChI is InChI=1S/C6H14NO2.Al.2H/c1-5(2)9-7-6(3,4)8;;;/h5,7H,1-4H3;;;/q-1;+1;;. The van der Waals surface area contributed by atoms with Gasteiger partial charge in [0.05, 0.1) is 6.10 Å². The molecule has 0 heterocycles. The zero-order chi connectivity index (χ0) is 8.20. The molecular formula is C6H16AlNO2. The van der Waals surface area contributed by atoms with E-state index < -0.39 is 0 Å². The summed E-state index contributed by atoms with van der Waals surface area (Å²) in [5.41, 5.74) is 2.48. The van der Waals surface area contributed by atoms with E-state index in [1.807, 2.05) is 27.7 Å². The molecule has 0 aliphatic carbocycles. The maximum Gasteiger partial charge on any atom is 0.412 e. The van der Waals surface area contributed by atoms with E-state index in [2.05, 4.69) is 5.48 Å². The third-order valence-electron chi connectivity index (χ3n) is 1.05. The van der Waals surface area contributed by atoms with E-state index >= 15 is 0 Å². The smallest absolute Gasteiger partial charge is 0.412 e. The Kier molecular flexibility index (Phi) is 4.50. The summed E-state index contributed by atoms with van der Waals surface area (Å²) in [6, 6.07) is 0. The highest BCUT2D eigenvalue weighted by atomic mass is 27.1. The van der Waals surface area contributed by atoms with Crippen molar-refractivity contribution < 1.29 is 8.63 Å². The van der Waals surface area contributed by atoms with Crippen LogP contribution >= 0.6 is 0 Å². The molecule has 0 aliphatic heterocycles. The minimum absolute atomic E-state index is 0.191. The Labute approximate surface area is 70.8 Å². The second-order valence-corrected chi connectivity index (χ2v) is 3.39. The van der Waals surface area contributed by atoms with Crippen LogP contribution in [-0.4, -0.2) is 28.5 Å². The highest BCUT2D eigenvalue weighted by molar-refractivity contribution is 5.98. The number of hydroxylamine groups is 1. The van der Waals surface area contributed by atoms with Crippen molar-refractivity contribution in [2.45, 2.75) is 39.5 Å². The minimum Gasteiger partial charge on any atom is -0.490 e. The quantitative estimate of drug-likeness (QED) is 0.363. The molecular weight excluding hydrogens is 145 g/mol. The van der Waals surface area contributed by atoms with Gasteiger partial charge in [-0.15, -0.1) is 0 Å². The maximum absolute atomic E-state index is 5.19. The summed E-state index contributed by atoms with van der Waals surface area (Å²) in [5.74, 6) is 0. The Morgan fingerprint density at radius 3 is 2.20 bits per heavy atom.